The van der Waals surface area contributed by atoms with Crippen molar-refractivity contribution >= 4 is 23.5 Å². The normalized spacial score (nSPS) is 18.9. The van der Waals surface area contributed by atoms with E-state index in [1.165, 1.54) is 28.7 Å². The van der Waals surface area contributed by atoms with Gasteiger partial charge in [-0.3, -0.25) is 14.9 Å². The number of imidazole rings is 1. The zero-order chi connectivity index (χ0) is 27.5. The predicted octanol–water partition coefficient (Wildman–Crippen LogP) is 3.72. The predicted molar refractivity (Wildman–Crippen MR) is 132 cm³/mol. The van der Waals surface area contributed by atoms with Gasteiger partial charge in [-0.2, -0.15) is 13.2 Å². The van der Waals surface area contributed by atoms with E-state index in [4.69, 9.17) is 4.74 Å². The van der Waals surface area contributed by atoms with Crippen LogP contribution in [0.2, 0.25) is 0 Å². The summed E-state index contributed by atoms with van der Waals surface area (Å²) in [5.74, 6) is -0.355. The minimum atomic E-state index is -4.56. The first-order valence-corrected chi connectivity index (χ1v) is 11.8. The third-order valence-electron chi connectivity index (χ3n) is 7.02. The van der Waals surface area contributed by atoms with E-state index < -0.39 is 29.3 Å². The highest BCUT2D eigenvalue weighted by atomic mass is 19.4. The molecule has 2 aliphatic rings. The van der Waals surface area contributed by atoms with Crippen LogP contribution < -0.4 is 15.4 Å². The van der Waals surface area contributed by atoms with Crippen LogP contribution >= 0.6 is 0 Å². The minimum absolute atomic E-state index is 0.110. The Labute approximate surface area is 219 Å². The van der Waals surface area contributed by atoms with Gasteiger partial charge >= 0.3 is 12.2 Å². The maximum atomic E-state index is 13.2. The van der Waals surface area contributed by atoms with Crippen molar-refractivity contribution in [2.45, 2.75) is 18.3 Å². The van der Waals surface area contributed by atoms with Crippen molar-refractivity contribution in [3.05, 3.63) is 89.4 Å². The van der Waals surface area contributed by atoms with Crippen molar-refractivity contribution in [2.75, 3.05) is 13.7 Å². The molecule has 4 aromatic rings. The molecular formula is C27H20F3N5O4. The van der Waals surface area contributed by atoms with E-state index in [2.05, 4.69) is 15.6 Å². The summed E-state index contributed by atoms with van der Waals surface area (Å²) in [6, 6.07) is 14.3. The van der Waals surface area contributed by atoms with Crippen LogP contribution in [0, 0.1) is 0 Å². The number of carbonyl (C=O) groups is 3. The topological polar surface area (TPSA) is 105 Å². The molecule has 0 bridgehead atoms. The summed E-state index contributed by atoms with van der Waals surface area (Å²) >= 11 is 0. The van der Waals surface area contributed by atoms with E-state index >= 15 is 0 Å². The molecule has 1 atom stereocenters. The first-order chi connectivity index (χ1) is 18.6. The number of imide groups is 1. The van der Waals surface area contributed by atoms with Crippen molar-refractivity contribution in [2.24, 2.45) is 0 Å². The van der Waals surface area contributed by atoms with Gasteiger partial charge in [0.25, 0.3) is 11.8 Å². The number of benzene rings is 2. The van der Waals surface area contributed by atoms with Crippen LogP contribution in [0.5, 0.6) is 5.75 Å². The largest absolute Gasteiger partial charge is 0.497 e. The molecule has 0 unspecified atom stereocenters. The van der Waals surface area contributed by atoms with Crippen molar-refractivity contribution in [1.82, 2.24) is 24.9 Å². The summed E-state index contributed by atoms with van der Waals surface area (Å²) < 4.78 is 45.7. The Morgan fingerprint density at radius 2 is 1.74 bits per heavy atom. The number of carbonyl (C=O) groups excluding carboxylic acids is 3. The molecule has 0 radical (unpaired) electrons. The number of ether oxygens (including phenoxy) is 1. The molecule has 4 heterocycles. The lowest BCUT2D eigenvalue weighted by Gasteiger charge is -2.31. The molecule has 198 valence electrons. The fraction of sp³-hybridized carbons (Fsp3) is 0.185. The van der Waals surface area contributed by atoms with Gasteiger partial charge in [-0.1, -0.05) is 30.3 Å². The molecule has 2 aliphatic heterocycles. The number of alkyl halides is 3. The number of urea groups is 1. The molecule has 12 heteroatoms. The minimum Gasteiger partial charge on any atom is -0.497 e. The molecule has 2 aromatic carbocycles. The van der Waals surface area contributed by atoms with Crippen molar-refractivity contribution in [3.63, 3.8) is 0 Å². The Balaban J connectivity index is 1.31. The first-order valence-electron chi connectivity index (χ1n) is 11.8. The van der Waals surface area contributed by atoms with Crippen molar-refractivity contribution in [1.29, 1.82) is 0 Å². The summed E-state index contributed by atoms with van der Waals surface area (Å²) in [6.07, 6.45) is -2.11. The second-order valence-electron chi connectivity index (χ2n) is 9.38. The SMILES string of the molecule is COc1ccc2c(c1)C(=O)N(C[C@@]1(c3ccc(-c4ccc5nc(C(F)(F)F)cn5c4)cc3)NC(=O)NC1=O)C2. The Hall–Kier alpha value is -4.87. The number of fused-ring (bicyclic) bond motifs is 2. The molecule has 6 rings (SSSR count). The smallest absolute Gasteiger partial charge is 0.434 e. The summed E-state index contributed by atoms with van der Waals surface area (Å²) in [4.78, 5) is 43.6. The molecule has 0 aliphatic carbocycles. The highest BCUT2D eigenvalue weighted by molar-refractivity contribution is 6.08. The number of aromatic nitrogens is 2. The van der Waals surface area contributed by atoms with Gasteiger partial charge in [0.05, 0.1) is 13.7 Å². The monoisotopic (exact) mass is 535 g/mol. The van der Waals surface area contributed by atoms with Crippen LogP contribution in [0.15, 0.2) is 67.0 Å². The van der Waals surface area contributed by atoms with Gasteiger partial charge < -0.3 is 19.4 Å². The summed E-state index contributed by atoms with van der Waals surface area (Å²) in [5.41, 5.74) is 0.602. The van der Waals surface area contributed by atoms with Gasteiger partial charge in [-0.15, -0.1) is 0 Å². The van der Waals surface area contributed by atoms with E-state index in [0.717, 1.165) is 11.8 Å². The van der Waals surface area contributed by atoms with Crippen LogP contribution in [0.1, 0.15) is 27.2 Å². The number of nitrogens with zero attached hydrogens (tertiary/aromatic N) is 3. The molecule has 9 nitrogen and oxygen atoms in total. The van der Waals surface area contributed by atoms with Gasteiger partial charge in [-0.05, 0) is 46.5 Å². The molecule has 1 saturated heterocycles. The van der Waals surface area contributed by atoms with Crippen LogP contribution in [0.25, 0.3) is 16.8 Å². The van der Waals surface area contributed by atoms with Crippen LogP contribution in [0.3, 0.4) is 0 Å². The fourth-order valence-corrected chi connectivity index (χ4v) is 5.03. The lowest BCUT2D eigenvalue weighted by molar-refractivity contribution is -0.140. The number of hydrogen-bond acceptors (Lipinski definition) is 5. The zero-order valence-corrected chi connectivity index (χ0v) is 20.4. The number of amides is 4. The molecular weight excluding hydrogens is 515 g/mol. The molecule has 39 heavy (non-hydrogen) atoms. The molecule has 4 amide bonds. The van der Waals surface area contributed by atoms with E-state index in [1.807, 2.05) is 0 Å². The summed E-state index contributed by atoms with van der Waals surface area (Å²) in [5, 5.41) is 4.96. The second kappa shape index (κ2) is 8.58. The summed E-state index contributed by atoms with van der Waals surface area (Å²) in [7, 11) is 1.50. The Morgan fingerprint density at radius 1 is 1.00 bits per heavy atom. The number of halogens is 3. The fourth-order valence-electron chi connectivity index (χ4n) is 5.03. The van der Waals surface area contributed by atoms with Crippen LogP contribution in [0.4, 0.5) is 18.0 Å². The average Bonchev–Trinajstić information content (AvgIpc) is 3.57. The Bertz CT molecular complexity index is 1660. The molecule has 0 saturated carbocycles. The number of pyridine rings is 1. The molecule has 1 fully saturated rings. The lowest BCUT2D eigenvalue weighted by Crippen LogP contribution is -2.52. The van der Waals surface area contributed by atoms with Gasteiger partial charge in [0.1, 0.15) is 11.4 Å². The number of nitrogens with one attached hydrogen (secondary N) is 2. The van der Waals surface area contributed by atoms with E-state index in [0.29, 0.717) is 28.0 Å². The van der Waals surface area contributed by atoms with E-state index in [9.17, 15) is 27.6 Å². The maximum Gasteiger partial charge on any atom is 0.434 e. The molecule has 0 spiro atoms. The average molecular weight is 535 g/mol. The van der Waals surface area contributed by atoms with Gasteiger partial charge in [0.2, 0.25) is 0 Å². The Kier molecular flexibility index (Phi) is 5.38. The third-order valence-corrected chi connectivity index (χ3v) is 7.02. The van der Waals surface area contributed by atoms with Crippen LogP contribution in [-0.2, 0) is 23.1 Å². The summed E-state index contributed by atoms with van der Waals surface area (Å²) in [6.45, 7) is 0.146. The third kappa shape index (κ3) is 4.04. The lowest BCUT2D eigenvalue weighted by atomic mass is 9.88. The van der Waals surface area contributed by atoms with Gasteiger partial charge in [0.15, 0.2) is 11.2 Å². The van der Waals surface area contributed by atoms with Gasteiger partial charge in [-0.25, -0.2) is 9.78 Å². The number of methoxy groups -OCH3 is 1. The highest BCUT2D eigenvalue weighted by Gasteiger charge is 2.50. The molecule has 2 aromatic heterocycles. The maximum absolute atomic E-state index is 13.2. The number of rotatable bonds is 5. The quantitative estimate of drug-likeness (QED) is 0.379. The highest BCUT2D eigenvalue weighted by Crippen LogP contribution is 2.34. The van der Waals surface area contributed by atoms with Crippen LogP contribution in [-0.4, -0.2) is 45.8 Å². The first kappa shape index (κ1) is 24.5. The van der Waals surface area contributed by atoms with E-state index in [-0.39, 0.29) is 24.6 Å². The second-order valence-corrected chi connectivity index (χ2v) is 9.38. The van der Waals surface area contributed by atoms with Gasteiger partial charge in [0, 0.05) is 24.5 Å². The standard InChI is InChI=1S/C27H20F3N5O4/c1-39-19-8-4-17-12-35(23(36)20(17)10-19)14-26(24(37)32-25(38)33-26)18-6-2-15(3-7-18)16-5-9-22-31-21(27(28,29)30)13-34(22)11-16/h2-11,13H,12,14H2,1H3,(H2,32,33,37,38)/t26-/m0/s1. The molecule has 2 N–H and O–H groups in total. The van der Waals surface area contributed by atoms with Crippen molar-refractivity contribution < 1.29 is 32.3 Å². The number of hydrogen-bond donors (Lipinski definition) is 2. The Morgan fingerprint density at radius 3 is 2.41 bits per heavy atom. The van der Waals surface area contributed by atoms with E-state index in [1.54, 1.807) is 48.5 Å². The van der Waals surface area contributed by atoms with Crippen molar-refractivity contribution in [3.8, 4) is 16.9 Å². The zero-order valence-electron chi connectivity index (χ0n) is 20.4.